The molecule has 0 fully saturated rings. The van der Waals surface area contributed by atoms with Gasteiger partial charge in [0.1, 0.15) is 0 Å². The van der Waals surface area contributed by atoms with E-state index in [4.69, 9.17) is 9.84 Å². The van der Waals surface area contributed by atoms with Gasteiger partial charge in [-0.1, -0.05) is 25.1 Å². The first-order valence-electron chi connectivity index (χ1n) is 4.49. The van der Waals surface area contributed by atoms with Crippen LogP contribution in [-0.4, -0.2) is 24.8 Å². The molecule has 0 aliphatic carbocycles. The van der Waals surface area contributed by atoms with Gasteiger partial charge in [0, 0.05) is 13.7 Å². The smallest absolute Gasteiger partial charge is 0.335 e. The molecule has 1 aromatic carbocycles. The van der Waals surface area contributed by atoms with E-state index in [0.717, 1.165) is 13.0 Å². The van der Waals surface area contributed by atoms with Crippen LogP contribution in [0.15, 0.2) is 30.3 Å². The number of ether oxygens (including phenoxy) is 1. The summed E-state index contributed by atoms with van der Waals surface area (Å²) in [7, 11) is 1.71. The van der Waals surface area contributed by atoms with E-state index in [1.165, 1.54) is 0 Å². The van der Waals surface area contributed by atoms with Gasteiger partial charge in [0.15, 0.2) is 0 Å². The van der Waals surface area contributed by atoms with E-state index in [1.807, 2.05) is 0 Å². The third kappa shape index (κ3) is 6.20. The van der Waals surface area contributed by atoms with Gasteiger partial charge in [0.2, 0.25) is 0 Å². The van der Waals surface area contributed by atoms with E-state index in [1.54, 1.807) is 37.4 Å². The van der Waals surface area contributed by atoms with Crippen LogP contribution in [-0.2, 0) is 4.74 Å². The van der Waals surface area contributed by atoms with Gasteiger partial charge in [-0.25, -0.2) is 4.79 Å². The van der Waals surface area contributed by atoms with Crippen LogP contribution >= 0.6 is 0 Å². The Morgan fingerprint density at radius 3 is 2.14 bits per heavy atom. The maximum absolute atomic E-state index is 10.2. The molecule has 0 saturated heterocycles. The Morgan fingerprint density at radius 2 is 1.93 bits per heavy atom. The summed E-state index contributed by atoms with van der Waals surface area (Å²) in [5.41, 5.74) is 0.331. The summed E-state index contributed by atoms with van der Waals surface area (Å²) in [6, 6.07) is 8.30. The average molecular weight is 196 g/mol. The monoisotopic (exact) mass is 196 g/mol. The summed E-state index contributed by atoms with van der Waals surface area (Å²) >= 11 is 0. The van der Waals surface area contributed by atoms with Gasteiger partial charge in [-0.15, -0.1) is 0 Å². The van der Waals surface area contributed by atoms with Crippen molar-refractivity contribution in [3.63, 3.8) is 0 Å². The van der Waals surface area contributed by atoms with Gasteiger partial charge in [-0.05, 0) is 18.6 Å². The number of methoxy groups -OCH3 is 1. The first kappa shape index (κ1) is 12.7. The minimum absolute atomic E-state index is 0.331. The second-order valence-corrected chi connectivity index (χ2v) is 2.66. The lowest BCUT2D eigenvalue weighted by Crippen LogP contribution is -1.93. The fourth-order valence-corrected chi connectivity index (χ4v) is 0.785. The molecule has 1 rings (SSSR count). The number of hydrogen-bond donors (Lipinski definition) is 1. The largest absolute Gasteiger partial charge is 0.478 e. The lowest BCUT2D eigenvalue weighted by molar-refractivity contribution is 0.0697. The van der Waals surface area contributed by atoms with Crippen molar-refractivity contribution in [3.05, 3.63) is 35.9 Å². The van der Waals surface area contributed by atoms with E-state index in [0.29, 0.717) is 5.56 Å². The van der Waals surface area contributed by atoms with Crippen LogP contribution in [0.4, 0.5) is 0 Å². The van der Waals surface area contributed by atoms with Crippen LogP contribution < -0.4 is 0 Å². The first-order valence-corrected chi connectivity index (χ1v) is 4.49. The summed E-state index contributed by atoms with van der Waals surface area (Å²) in [6.07, 6.45) is 1.12. The van der Waals surface area contributed by atoms with Crippen molar-refractivity contribution in [2.45, 2.75) is 13.3 Å². The van der Waals surface area contributed by atoms with Crippen LogP contribution in [0.3, 0.4) is 0 Å². The molecule has 0 aromatic heterocycles. The number of rotatable bonds is 3. The molecule has 3 heteroatoms. The van der Waals surface area contributed by atoms with Gasteiger partial charge >= 0.3 is 5.97 Å². The Labute approximate surface area is 84.3 Å². The lowest BCUT2D eigenvalue weighted by Gasteiger charge is -1.88. The number of hydrogen-bond acceptors (Lipinski definition) is 2. The van der Waals surface area contributed by atoms with Crippen LogP contribution in [0, 0.1) is 0 Å². The third-order valence-corrected chi connectivity index (χ3v) is 1.43. The second kappa shape index (κ2) is 8.26. The second-order valence-electron chi connectivity index (χ2n) is 2.66. The average Bonchev–Trinajstić information content (AvgIpc) is 2.21. The Hall–Kier alpha value is -1.35. The van der Waals surface area contributed by atoms with Crippen LogP contribution in [0.25, 0.3) is 0 Å². The standard InChI is InChI=1S/C7H6O2.C4H10O/c8-7(9)6-4-2-1-3-5-6;1-3-4-5-2/h1-5H,(H,8,9);3-4H2,1-2H3. The fourth-order valence-electron chi connectivity index (χ4n) is 0.785. The zero-order valence-corrected chi connectivity index (χ0v) is 8.56. The highest BCUT2D eigenvalue weighted by Gasteiger charge is 1.96. The van der Waals surface area contributed by atoms with E-state index < -0.39 is 5.97 Å². The molecule has 0 spiro atoms. The van der Waals surface area contributed by atoms with Crippen molar-refractivity contribution in [3.8, 4) is 0 Å². The molecule has 0 atom stereocenters. The molecule has 0 bridgehead atoms. The number of aromatic carboxylic acids is 1. The van der Waals surface area contributed by atoms with Crippen molar-refractivity contribution in [1.29, 1.82) is 0 Å². The molecule has 0 radical (unpaired) electrons. The molecule has 0 aliphatic rings. The van der Waals surface area contributed by atoms with Crippen molar-refractivity contribution >= 4 is 5.97 Å². The first-order chi connectivity index (χ1) is 6.72. The molecule has 0 aliphatic heterocycles. The zero-order chi connectivity index (χ0) is 10.8. The Balaban J connectivity index is 0.000000292. The van der Waals surface area contributed by atoms with Crippen LogP contribution in [0.5, 0.6) is 0 Å². The number of carbonyl (C=O) groups is 1. The Bertz CT molecular complexity index is 242. The minimum atomic E-state index is -0.879. The molecule has 14 heavy (non-hydrogen) atoms. The normalized spacial score (nSPS) is 8.71. The number of benzene rings is 1. The summed E-state index contributed by atoms with van der Waals surface area (Å²) in [5.74, 6) is -0.879. The third-order valence-electron chi connectivity index (χ3n) is 1.43. The number of carboxylic acids is 1. The molecule has 78 valence electrons. The SMILES string of the molecule is CCCOC.O=C(O)c1ccccc1. The zero-order valence-electron chi connectivity index (χ0n) is 8.56. The molecular weight excluding hydrogens is 180 g/mol. The predicted octanol–water partition coefficient (Wildman–Crippen LogP) is 2.43. The molecule has 1 aromatic rings. The molecule has 3 nitrogen and oxygen atoms in total. The van der Waals surface area contributed by atoms with Gasteiger partial charge in [-0.2, -0.15) is 0 Å². The maximum atomic E-state index is 10.2. The van der Waals surface area contributed by atoms with Crippen molar-refractivity contribution in [1.82, 2.24) is 0 Å². The van der Waals surface area contributed by atoms with E-state index in [9.17, 15) is 4.79 Å². The quantitative estimate of drug-likeness (QED) is 0.807. The molecule has 0 amide bonds. The van der Waals surface area contributed by atoms with E-state index in [-0.39, 0.29) is 0 Å². The van der Waals surface area contributed by atoms with Gasteiger partial charge in [0.05, 0.1) is 5.56 Å². The van der Waals surface area contributed by atoms with Gasteiger partial charge in [0.25, 0.3) is 0 Å². The topological polar surface area (TPSA) is 46.5 Å². The molecule has 0 unspecified atom stereocenters. The summed E-state index contributed by atoms with van der Waals surface area (Å²) in [6.45, 7) is 2.98. The van der Waals surface area contributed by atoms with Crippen LogP contribution in [0.1, 0.15) is 23.7 Å². The van der Waals surface area contributed by atoms with Gasteiger partial charge < -0.3 is 9.84 Å². The van der Waals surface area contributed by atoms with Crippen molar-refractivity contribution in [2.75, 3.05) is 13.7 Å². The summed E-state index contributed by atoms with van der Waals surface area (Å²) < 4.78 is 4.69. The maximum Gasteiger partial charge on any atom is 0.335 e. The highest BCUT2D eigenvalue weighted by molar-refractivity contribution is 5.87. The molecule has 0 heterocycles. The van der Waals surface area contributed by atoms with Crippen LogP contribution in [0.2, 0.25) is 0 Å². The summed E-state index contributed by atoms with van der Waals surface area (Å²) in [4.78, 5) is 10.2. The minimum Gasteiger partial charge on any atom is -0.478 e. The molecular formula is C11H16O3. The summed E-state index contributed by atoms with van der Waals surface area (Å²) in [5, 5.41) is 8.38. The Morgan fingerprint density at radius 1 is 1.36 bits per heavy atom. The van der Waals surface area contributed by atoms with E-state index in [2.05, 4.69) is 6.92 Å². The lowest BCUT2D eigenvalue weighted by atomic mass is 10.2. The fraction of sp³-hybridized carbons (Fsp3) is 0.364. The Kier molecular flexibility index (Phi) is 7.46. The van der Waals surface area contributed by atoms with Gasteiger partial charge in [-0.3, -0.25) is 0 Å². The molecule has 1 N–H and O–H groups in total. The van der Waals surface area contributed by atoms with E-state index >= 15 is 0 Å². The van der Waals surface area contributed by atoms with Crippen molar-refractivity contribution in [2.24, 2.45) is 0 Å². The highest BCUT2D eigenvalue weighted by atomic mass is 16.5. The predicted molar refractivity (Wildman–Crippen MR) is 55.6 cm³/mol. The number of carboxylic acid groups (broad SMARTS) is 1. The molecule has 0 saturated carbocycles. The highest BCUT2D eigenvalue weighted by Crippen LogP contribution is 1.96. The van der Waals surface area contributed by atoms with Crippen molar-refractivity contribution < 1.29 is 14.6 Å².